The van der Waals surface area contributed by atoms with Crippen LogP contribution in [0.15, 0.2) is 53.0 Å². The zero-order chi connectivity index (χ0) is 18.4. The summed E-state index contributed by atoms with van der Waals surface area (Å²) in [4.78, 5) is 22.2. The van der Waals surface area contributed by atoms with Gasteiger partial charge in [0, 0.05) is 22.5 Å². The highest BCUT2D eigenvalue weighted by Gasteiger charge is 2.39. The molecule has 0 saturated carbocycles. The van der Waals surface area contributed by atoms with Gasteiger partial charge in [0.2, 0.25) is 0 Å². The van der Waals surface area contributed by atoms with Gasteiger partial charge in [-0.2, -0.15) is 0 Å². The standard InChI is InChI=1S/C19H15BrN2O4/c20-11-8-15-13-2-1-3-14(13)17(21-18(15)16(9-11)19(23)24)10-4-6-12(7-5-10)22(25)26/h1-2,4-9,13-14,17,21H,3H2,(H,23,24)/t13-,14+,17+/m1/s1. The van der Waals surface area contributed by atoms with Crippen molar-refractivity contribution >= 4 is 33.3 Å². The fraction of sp³-hybridized carbons (Fsp3) is 0.211. The van der Waals surface area contributed by atoms with Crippen molar-refractivity contribution in [1.82, 2.24) is 0 Å². The number of carbonyl (C=O) groups is 1. The summed E-state index contributed by atoms with van der Waals surface area (Å²) in [6.07, 6.45) is 5.11. The molecule has 6 nitrogen and oxygen atoms in total. The lowest BCUT2D eigenvalue weighted by Crippen LogP contribution is -2.30. The van der Waals surface area contributed by atoms with E-state index in [1.54, 1.807) is 18.2 Å². The number of nitrogens with one attached hydrogen (secondary N) is 1. The van der Waals surface area contributed by atoms with Crippen LogP contribution in [0.5, 0.6) is 0 Å². The second-order valence-electron chi connectivity index (χ2n) is 6.55. The van der Waals surface area contributed by atoms with Gasteiger partial charge in [-0.1, -0.05) is 40.2 Å². The normalized spacial score (nSPS) is 23.0. The molecule has 0 unspecified atom stereocenters. The molecule has 3 atom stereocenters. The summed E-state index contributed by atoms with van der Waals surface area (Å²) < 4.78 is 0.739. The van der Waals surface area contributed by atoms with Gasteiger partial charge < -0.3 is 10.4 Å². The minimum atomic E-state index is -0.988. The molecule has 26 heavy (non-hydrogen) atoms. The molecule has 0 amide bonds. The van der Waals surface area contributed by atoms with E-state index in [0.717, 1.165) is 22.0 Å². The zero-order valence-corrected chi connectivity index (χ0v) is 15.1. The number of non-ortho nitro benzene ring substituents is 1. The average molecular weight is 415 g/mol. The third-order valence-electron chi connectivity index (χ3n) is 5.13. The van der Waals surface area contributed by atoms with Crippen molar-refractivity contribution in [2.75, 3.05) is 5.32 Å². The first-order valence-corrected chi connectivity index (χ1v) is 8.99. The third-order valence-corrected chi connectivity index (χ3v) is 5.58. The molecule has 0 fully saturated rings. The van der Waals surface area contributed by atoms with Crippen LogP contribution in [0.2, 0.25) is 0 Å². The maximum absolute atomic E-state index is 11.7. The summed E-state index contributed by atoms with van der Waals surface area (Å²) >= 11 is 3.41. The van der Waals surface area contributed by atoms with Gasteiger partial charge in [-0.15, -0.1) is 0 Å². The number of anilines is 1. The number of allylic oxidation sites excluding steroid dienone is 2. The summed E-state index contributed by atoms with van der Waals surface area (Å²) in [5.41, 5.74) is 2.77. The number of nitro groups is 1. The molecule has 2 aliphatic rings. The monoisotopic (exact) mass is 414 g/mol. The first-order valence-electron chi connectivity index (χ1n) is 8.20. The molecule has 4 rings (SSSR count). The summed E-state index contributed by atoms with van der Waals surface area (Å²) in [5, 5.41) is 23.9. The number of rotatable bonds is 3. The van der Waals surface area contributed by atoms with Crippen LogP contribution in [-0.2, 0) is 0 Å². The van der Waals surface area contributed by atoms with E-state index in [2.05, 4.69) is 33.4 Å². The van der Waals surface area contributed by atoms with Crippen molar-refractivity contribution in [2.45, 2.75) is 18.4 Å². The van der Waals surface area contributed by atoms with Crippen LogP contribution in [0.3, 0.4) is 0 Å². The molecule has 2 N–H and O–H groups in total. The van der Waals surface area contributed by atoms with Crippen molar-refractivity contribution in [3.8, 4) is 0 Å². The lowest BCUT2D eigenvalue weighted by molar-refractivity contribution is -0.384. The van der Waals surface area contributed by atoms with Gasteiger partial charge in [0.1, 0.15) is 0 Å². The van der Waals surface area contributed by atoms with Crippen LogP contribution >= 0.6 is 15.9 Å². The Morgan fingerprint density at radius 1 is 1.27 bits per heavy atom. The first kappa shape index (κ1) is 16.8. The lowest BCUT2D eigenvalue weighted by Gasteiger charge is -2.38. The van der Waals surface area contributed by atoms with Crippen molar-refractivity contribution < 1.29 is 14.8 Å². The highest BCUT2D eigenvalue weighted by atomic mass is 79.9. The van der Waals surface area contributed by atoms with Crippen molar-refractivity contribution in [3.63, 3.8) is 0 Å². The Kier molecular flexibility index (Phi) is 4.03. The van der Waals surface area contributed by atoms with E-state index < -0.39 is 10.9 Å². The smallest absolute Gasteiger partial charge is 0.337 e. The second kappa shape index (κ2) is 6.25. The van der Waals surface area contributed by atoms with Crippen LogP contribution < -0.4 is 5.32 Å². The van der Waals surface area contributed by atoms with Crippen LogP contribution in [0.4, 0.5) is 11.4 Å². The molecule has 0 bridgehead atoms. The van der Waals surface area contributed by atoms with Gasteiger partial charge in [-0.3, -0.25) is 10.1 Å². The quantitative estimate of drug-likeness (QED) is 0.424. The summed E-state index contributed by atoms with van der Waals surface area (Å²) in [6, 6.07) is 9.93. The van der Waals surface area contributed by atoms with Crippen LogP contribution in [0.25, 0.3) is 0 Å². The Morgan fingerprint density at radius 2 is 2.00 bits per heavy atom. The van der Waals surface area contributed by atoms with E-state index in [1.165, 1.54) is 12.1 Å². The number of aromatic carboxylic acids is 1. The first-order chi connectivity index (χ1) is 12.5. The third kappa shape index (κ3) is 2.68. The van der Waals surface area contributed by atoms with E-state index in [4.69, 9.17) is 0 Å². The summed E-state index contributed by atoms with van der Waals surface area (Å²) in [7, 11) is 0. The summed E-state index contributed by atoms with van der Waals surface area (Å²) in [5.74, 6) is -0.639. The van der Waals surface area contributed by atoms with Gasteiger partial charge >= 0.3 is 5.97 Å². The van der Waals surface area contributed by atoms with E-state index >= 15 is 0 Å². The number of hydrogen-bond donors (Lipinski definition) is 2. The van der Waals surface area contributed by atoms with Gasteiger partial charge in [-0.05, 0) is 35.6 Å². The second-order valence-corrected chi connectivity index (χ2v) is 7.46. The fourth-order valence-electron chi connectivity index (χ4n) is 3.97. The van der Waals surface area contributed by atoms with E-state index in [-0.39, 0.29) is 29.1 Å². The molecule has 2 aromatic rings. The molecule has 0 aromatic heterocycles. The number of halogens is 1. The predicted molar refractivity (Wildman–Crippen MR) is 101 cm³/mol. The average Bonchev–Trinajstić information content (AvgIpc) is 3.10. The SMILES string of the molecule is O=C(O)c1cc(Br)cc2c1N[C@@H](c1ccc([N+](=O)[O-])cc1)[C@H]1CC=C[C@@H]21. The fourth-order valence-corrected chi connectivity index (χ4v) is 4.44. The number of carboxylic acid groups (broad SMARTS) is 1. The van der Waals surface area contributed by atoms with Crippen LogP contribution in [0, 0.1) is 16.0 Å². The number of hydrogen-bond acceptors (Lipinski definition) is 4. The highest BCUT2D eigenvalue weighted by Crippen LogP contribution is 2.51. The molecular formula is C19H15BrN2O4. The maximum atomic E-state index is 11.7. The van der Waals surface area contributed by atoms with Crippen molar-refractivity contribution in [3.05, 3.63) is 79.8 Å². The molecule has 1 heterocycles. The minimum absolute atomic E-state index is 0.0428. The Bertz CT molecular complexity index is 939. The molecule has 0 saturated heterocycles. The van der Waals surface area contributed by atoms with Gasteiger partial charge in [0.05, 0.1) is 22.2 Å². The number of nitrogens with zero attached hydrogens (tertiary/aromatic N) is 1. The number of fused-ring (bicyclic) bond motifs is 3. The topological polar surface area (TPSA) is 92.5 Å². The molecule has 1 aliphatic carbocycles. The maximum Gasteiger partial charge on any atom is 0.337 e. The number of benzene rings is 2. The molecule has 132 valence electrons. The zero-order valence-electron chi connectivity index (χ0n) is 13.6. The largest absolute Gasteiger partial charge is 0.478 e. The predicted octanol–water partition coefficient (Wildman–Crippen LogP) is 4.88. The van der Waals surface area contributed by atoms with Gasteiger partial charge in [0.25, 0.3) is 5.69 Å². The van der Waals surface area contributed by atoms with Gasteiger partial charge in [-0.25, -0.2) is 4.79 Å². The molecule has 7 heteroatoms. The van der Waals surface area contributed by atoms with E-state index in [1.807, 2.05) is 6.07 Å². The van der Waals surface area contributed by atoms with E-state index in [0.29, 0.717) is 5.69 Å². The Morgan fingerprint density at radius 3 is 2.65 bits per heavy atom. The van der Waals surface area contributed by atoms with Gasteiger partial charge in [0.15, 0.2) is 0 Å². The van der Waals surface area contributed by atoms with E-state index in [9.17, 15) is 20.0 Å². The molecule has 2 aromatic carbocycles. The molecule has 1 aliphatic heterocycles. The molecule has 0 radical (unpaired) electrons. The summed E-state index contributed by atoms with van der Waals surface area (Å²) in [6.45, 7) is 0. The van der Waals surface area contributed by atoms with Crippen molar-refractivity contribution in [1.29, 1.82) is 0 Å². The van der Waals surface area contributed by atoms with Crippen molar-refractivity contribution in [2.24, 2.45) is 5.92 Å². The molecular weight excluding hydrogens is 400 g/mol. The highest BCUT2D eigenvalue weighted by molar-refractivity contribution is 9.10. The number of nitro benzene ring substituents is 1. The Balaban J connectivity index is 1.81. The number of carboxylic acids is 1. The Hall–Kier alpha value is -2.67. The lowest BCUT2D eigenvalue weighted by atomic mass is 9.76. The van der Waals surface area contributed by atoms with Crippen LogP contribution in [0.1, 0.15) is 39.9 Å². The molecule has 0 spiro atoms. The van der Waals surface area contributed by atoms with Crippen LogP contribution in [-0.4, -0.2) is 16.0 Å². The minimum Gasteiger partial charge on any atom is -0.478 e. The Labute approximate surface area is 157 Å².